The Morgan fingerprint density at radius 3 is 1.16 bits per heavy atom. The van der Waals surface area contributed by atoms with Crippen molar-refractivity contribution in [1.29, 1.82) is 0 Å². The maximum absolute atomic E-state index is 9.94. The Morgan fingerprint density at radius 1 is 0.760 bits per heavy atom. The van der Waals surface area contributed by atoms with Gasteiger partial charge in [-0.3, -0.25) is 0 Å². The van der Waals surface area contributed by atoms with Crippen LogP contribution in [-0.4, -0.2) is 31.7 Å². The molecule has 0 aromatic carbocycles. The number of hydrogen-bond acceptors (Lipinski definition) is 3. The summed E-state index contributed by atoms with van der Waals surface area (Å²) >= 11 is 0. The summed E-state index contributed by atoms with van der Waals surface area (Å²) in [6, 6.07) is 4.55. The van der Waals surface area contributed by atoms with Gasteiger partial charge in [-0.25, -0.2) is 0 Å². The van der Waals surface area contributed by atoms with Gasteiger partial charge in [0.15, 0.2) is 0 Å². The first-order valence-electron chi connectivity index (χ1n) is 4.98. The average Bonchev–Trinajstić information content (AvgIpc) is 2.23. The smallest absolute Gasteiger partial charge is 0.418 e. The molecule has 0 radical (unpaired) electrons. The minimum absolute atomic E-state index is 0. The van der Waals surface area contributed by atoms with E-state index in [1.807, 2.05) is 0 Å². The molecule has 1 heterocycles. The van der Waals surface area contributed by atoms with Crippen LogP contribution in [0, 0.1) is 10.1 Å². The number of pyridine rings is 1. The molecule has 0 N–H and O–H groups in total. The summed E-state index contributed by atoms with van der Waals surface area (Å²) in [5.74, 6) is -0.113. The summed E-state index contributed by atoms with van der Waals surface area (Å²) in [4.78, 5) is 12.9. The van der Waals surface area contributed by atoms with Gasteiger partial charge in [-0.2, -0.15) is 0 Å². The Hall–Kier alpha value is -0.459. The molecule has 0 aliphatic heterocycles. The molecule has 142 valence electrons. The maximum Gasteiger partial charge on any atom is 1.00 e. The van der Waals surface area contributed by atoms with Crippen molar-refractivity contribution in [2.24, 2.45) is 0 Å². The fourth-order valence-electron chi connectivity index (χ4n) is 0.462. The quantitative estimate of drug-likeness (QED) is 0.300. The van der Waals surface area contributed by atoms with Crippen LogP contribution in [0.2, 0.25) is 0 Å². The van der Waals surface area contributed by atoms with Crippen LogP contribution in [0.15, 0.2) is 24.4 Å². The van der Waals surface area contributed by atoms with Crippen LogP contribution in [0.5, 0.6) is 0 Å². The topological polar surface area (TPSA) is 56.0 Å². The van der Waals surface area contributed by atoms with Gasteiger partial charge in [-0.15, -0.1) is 0 Å². The molecule has 0 fully saturated rings. The Kier molecular flexibility index (Phi) is 18.9. The van der Waals surface area contributed by atoms with Gasteiger partial charge in [0.1, 0.15) is 6.20 Å². The van der Waals surface area contributed by atoms with Gasteiger partial charge in [0, 0.05) is 6.07 Å². The van der Waals surface area contributed by atoms with Gasteiger partial charge >= 0.3 is 79.0 Å². The minimum atomic E-state index is -6.00. The van der Waals surface area contributed by atoms with Gasteiger partial charge in [0.05, 0.1) is 0 Å². The molecular weight excluding hydrogens is 420 g/mol. The monoisotopic (exact) mass is 424 g/mol. The minimum Gasteiger partial charge on any atom is -0.418 e. The molecule has 0 saturated carbocycles. The van der Waals surface area contributed by atoms with E-state index < -0.39 is 26.7 Å². The third kappa shape index (κ3) is 82.0. The summed E-state index contributed by atoms with van der Waals surface area (Å²) in [6.07, 6.45) is 1.39. The SMILES string of the molecule is F[B-](F)(F)F.F[B-](F)(F)F.F[B-](F)(F)F.O=[N+]([O-])c1ccccn1.[K+]. The normalized spacial score (nSPS) is 10.4. The summed E-state index contributed by atoms with van der Waals surface area (Å²) in [5, 5.41) is 9.94. The molecule has 1 aromatic heterocycles. The predicted molar refractivity (Wildman–Crippen MR) is 61.4 cm³/mol. The van der Waals surface area contributed by atoms with Gasteiger partial charge in [-0.1, -0.05) is 6.07 Å². The summed E-state index contributed by atoms with van der Waals surface area (Å²) in [5.41, 5.74) is 0. The second kappa shape index (κ2) is 14.7. The molecule has 0 bridgehead atoms. The van der Waals surface area contributed by atoms with Gasteiger partial charge in [-0.05, 0) is 16.0 Å². The zero-order chi connectivity index (χ0) is 20.2. The second-order valence-corrected chi connectivity index (χ2v) is 2.93. The third-order valence-corrected chi connectivity index (χ3v) is 0.836. The predicted octanol–water partition coefficient (Wildman–Crippen LogP) is 1.89. The van der Waals surface area contributed by atoms with E-state index in [0.717, 1.165) is 0 Å². The molecule has 4 nitrogen and oxygen atoms in total. The van der Waals surface area contributed by atoms with E-state index in [1.165, 1.54) is 12.3 Å². The number of nitrogens with zero attached hydrogens (tertiary/aromatic N) is 2. The molecule has 0 aliphatic rings. The van der Waals surface area contributed by atoms with E-state index in [4.69, 9.17) is 0 Å². The van der Waals surface area contributed by atoms with Crippen LogP contribution >= 0.6 is 0 Å². The number of halogens is 12. The zero-order valence-electron chi connectivity index (χ0n) is 11.8. The molecule has 0 amide bonds. The number of nitro groups is 1. The van der Waals surface area contributed by atoms with Crippen molar-refractivity contribution in [1.82, 2.24) is 4.98 Å². The van der Waals surface area contributed by atoms with E-state index >= 15 is 0 Å². The van der Waals surface area contributed by atoms with Crippen molar-refractivity contribution in [3.05, 3.63) is 34.5 Å². The first kappa shape index (κ1) is 32.2. The van der Waals surface area contributed by atoms with Gasteiger partial charge in [0.2, 0.25) is 0 Å². The molecule has 25 heavy (non-hydrogen) atoms. The van der Waals surface area contributed by atoms with Crippen molar-refractivity contribution >= 4 is 27.6 Å². The molecular formula is C5H4B3F12KN2O2-2. The fraction of sp³-hybridized carbons (Fsp3) is 0. The summed E-state index contributed by atoms with van der Waals surface area (Å²) in [6.45, 7) is 0. The van der Waals surface area contributed by atoms with Crippen LogP contribution in [0.25, 0.3) is 0 Å². The van der Waals surface area contributed by atoms with Crippen LogP contribution in [0.1, 0.15) is 0 Å². The van der Waals surface area contributed by atoms with Crippen LogP contribution in [0.4, 0.5) is 57.6 Å². The van der Waals surface area contributed by atoms with Crippen LogP contribution in [-0.2, 0) is 0 Å². The Bertz CT molecular complexity index is 408. The Labute approximate surface area is 174 Å². The second-order valence-electron chi connectivity index (χ2n) is 2.93. The van der Waals surface area contributed by atoms with E-state index in [9.17, 15) is 61.9 Å². The van der Waals surface area contributed by atoms with E-state index in [-0.39, 0.29) is 57.2 Å². The average molecular weight is 424 g/mol. The molecule has 0 atom stereocenters. The van der Waals surface area contributed by atoms with Gasteiger partial charge in [0.25, 0.3) is 0 Å². The molecule has 0 unspecified atom stereocenters. The molecule has 1 rings (SSSR count). The standard InChI is InChI=1S/C5H4N2O2.3BF4.K/c8-7(9)5-3-1-2-4-6-5;3*2-1(3,4)5;/h1-4H;;;;/q;3*-1;+1. The Morgan fingerprint density at radius 2 is 1.04 bits per heavy atom. The van der Waals surface area contributed by atoms with E-state index in [1.54, 1.807) is 12.1 Å². The third-order valence-electron chi connectivity index (χ3n) is 0.836. The number of aromatic nitrogens is 1. The zero-order valence-corrected chi connectivity index (χ0v) is 14.9. The maximum atomic E-state index is 9.94. The largest absolute Gasteiger partial charge is 1.00 e. The molecule has 0 aliphatic carbocycles. The molecule has 1 aromatic rings. The molecule has 20 heteroatoms. The number of rotatable bonds is 1. The summed E-state index contributed by atoms with van der Waals surface area (Å²) < 4.78 is 117. The van der Waals surface area contributed by atoms with Crippen molar-refractivity contribution in [3.8, 4) is 0 Å². The first-order valence-corrected chi connectivity index (χ1v) is 4.98. The molecule has 0 saturated heterocycles. The van der Waals surface area contributed by atoms with Crippen LogP contribution < -0.4 is 51.4 Å². The van der Waals surface area contributed by atoms with Gasteiger partial charge < -0.3 is 61.9 Å². The fourth-order valence-corrected chi connectivity index (χ4v) is 0.462. The van der Waals surface area contributed by atoms with Crippen molar-refractivity contribution < 1.29 is 108 Å². The van der Waals surface area contributed by atoms with E-state index in [2.05, 4.69) is 4.98 Å². The van der Waals surface area contributed by atoms with Crippen molar-refractivity contribution in [3.63, 3.8) is 0 Å². The van der Waals surface area contributed by atoms with E-state index in [0.29, 0.717) is 0 Å². The Balaban J connectivity index is -0.000000122. The van der Waals surface area contributed by atoms with Crippen LogP contribution in [0.3, 0.4) is 0 Å². The van der Waals surface area contributed by atoms with Crippen molar-refractivity contribution in [2.45, 2.75) is 0 Å². The van der Waals surface area contributed by atoms with Crippen molar-refractivity contribution in [2.75, 3.05) is 0 Å². The first-order chi connectivity index (χ1) is 10.3. The summed E-state index contributed by atoms with van der Waals surface area (Å²) in [7, 11) is -18.0. The molecule has 0 spiro atoms. The number of hydrogen-bond donors (Lipinski definition) is 0.